The fourth-order valence-electron chi connectivity index (χ4n) is 2.85. The molecule has 1 aliphatic heterocycles. The van der Waals surface area contributed by atoms with E-state index in [2.05, 4.69) is 43.4 Å². The Morgan fingerprint density at radius 1 is 1.24 bits per heavy atom. The maximum absolute atomic E-state index is 12.4. The summed E-state index contributed by atoms with van der Waals surface area (Å²) in [5, 5.41) is 3.38. The van der Waals surface area contributed by atoms with Gasteiger partial charge in [-0.25, -0.2) is 0 Å². The van der Waals surface area contributed by atoms with Gasteiger partial charge < -0.3 is 9.64 Å². The molecule has 1 saturated heterocycles. The summed E-state index contributed by atoms with van der Waals surface area (Å²) in [5.41, 5.74) is 2.44. The van der Waals surface area contributed by atoms with E-state index < -0.39 is 0 Å². The van der Waals surface area contributed by atoms with Crippen molar-refractivity contribution in [2.24, 2.45) is 0 Å². The van der Waals surface area contributed by atoms with Crippen molar-refractivity contribution in [3.63, 3.8) is 0 Å². The van der Waals surface area contributed by atoms with Crippen LogP contribution in [0.1, 0.15) is 50.9 Å². The van der Waals surface area contributed by atoms with Crippen LogP contribution < -0.4 is 5.32 Å². The lowest BCUT2D eigenvalue weighted by Crippen LogP contribution is -2.40. The summed E-state index contributed by atoms with van der Waals surface area (Å²) in [4.78, 5) is 14.3. The highest BCUT2D eigenvalue weighted by atomic mass is 16.5. The molecule has 1 amide bonds. The molecule has 0 saturated carbocycles. The van der Waals surface area contributed by atoms with Gasteiger partial charge in [0.05, 0.1) is 18.7 Å². The van der Waals surface area contributed by atoms with E-state index in [0.717, 1.165) is 5.56 Å². The molecule has 0 radical (unpaired) electrons. The molecule has 0 spiro atoms. The van der Waals surface area contributed by atoms with E-state index in [9.17, 15) is 4.79 Å². The van der Waals surface area contributed by atoms with Gasteiger partial charge in [0.2, 0.25) is 5.91 Å². The highest BCUT2D eigenvalue weighted by molar-refractivity contribution is 5.84. The first kappa shape index (κ1) is 16.0. The zero-order valence-corrected chi connectivity index (χ0v) is 13.6. The maximum atomic E-state index is 12.4. The molecule has 1 aliphatic rings. The molecule has 0 aromatic heterocycles. The summed E-state index contributed by atoms with van der Waals surface area (Å²) in [6.07, 6.45) is -0.0705. The highest BCUT2D eigenvalue weighted by Crippen LogP contribution is 2.28. The van der Waals surface area contributed by atoms with Crippen LogP contribution in [0.5, 0.6) is 0 Å². The predicted octanol–water partition coefficient (Wildman–Crippen LogP) is 2.66. The Balaban J connectivity index is 2.25. The van der Waals surface area contributed by atoms with Crippen molar-refractivity contribution >= 4 is 5.91 Å². The lowest BCUT2D eigenvalue weighted by atomic mass is 10.0. The van der Waals surface area contributed by atoms with Crippen molar-refractivity contribution in [1.29, 1.82) is 0 Å². The molecule has 116 valence electrons. The van der Waals surface area contributed by atoms with Crippen LogP contribution in [-0.2, 0) is 9.53 Å². The Labute approximate surface area is 127 Å². The Morgan fingerprint density at radius 2 is 1.86 bits per heavy atom. The van der Waals surface area contributed by atoms with Crippen molar-refractivity contribution in [2.75, 3.05) is 13.7 Å². The first-order valence-corrected chi connectivity index (χ1v) is 7.62. The first-order valence-electron chi connectivity index (χ1n) is 7.62. The number of nitrogens with zero attached hydrogens (tertiary/aromatic N) is 1. The van der Waals surface area contributed by atoms with Gasteiger partial charge in [0.25, 0.3) is 0 Å². The van der Waals surface area contributed by atoms with Crippen LogP contribution in [0.15, 0.2) is 24.3 Å². The van der Waals surface area contributed by atoms with E-state index >= 15 is 0 Å². The number of hydrogen-bond donors (Lipinski definition) is 1. The SMILES string of the molecule is COCC(C)N1C(=O)C(C)NC1c1ccc(C(C)C)cc1. The molecule has 0 aliphatic carbocycles. The van der Waals surface area contributed by atoms with Gasteiger partial charge in [0.15, 0.2) is 0 Å². The summed E-state index contributed by atoms with van der Waals surface area (Å²) in [6, 6.07) is 8.42. The Kier molecular flexibility index (Phi) is 5.01. The molecule has 4 nitrogen and oxygen atoms in total. The molecule has 0 bridgehead atoms. The molecule has 3 unspecified atom stereocenters. The molecule has 2 rings (SSSR count). The monoisotopic (exact) mass is 290 g/mol. The lowest BCUT2D eigenvalue weighted by molar-refractivity contribution is -0.132. The highest BCUT2D eigenvalue weighted by Gasteiger charge is 2.39. The van der Waals surface area contributed by atoms with Crippen LogP contribution in [0, 0.1) is 0 Å². The number of nitrogens with one attached hydrogen (secondary N) is 1. The predicted molar refractivity (Wildman–Crippen MR) is 84.1 cm³/mol. The molecule has 1 N–H and O–H groups in total. The topological polar surface area (TPSA) is 41.6 Å². The summed E-state index contributed by atoms with van der Waals surface area (Å²) in [5.74, 6) is 0.650. The number of methoxy groups -OCH3 is 1. The van der Waals surface area contributed by atoms with Gasteiger partial charge in [0.1, 0.15) is 6.17 Å². The Morgan fingerprint density at radius 3 is 2.38 bits per heavy atom. The van der Waals surface area contributed by atoms with Crippen molar-refractivity contribution in [2.45, 2.75) is 51.9 Å². The maximum Gasteiger partial charge on any atom is 0.241 e. The zero-order chi connectivity index (χ0) is 15.6. The fourth-order valence-corrected chi connectivity index (χ4v) is 2.85. The minimum Gasteiger partial charge on any atom is -0.383 e. The van der Waals surface area contributed by atoms with Gasteiger partial charge >= 0.3 is 0 Å². The number of rotatable bonds is 5. The molecule has 3 atom stereocenters. The van der Waals surface area contributed by atoms with Crippen molar-refractivity contribution in [3.05, 3.63) is 35.4 Å². The molecule has 1 heterocycles. The van der Waals surface area contributed by atoms with Crippen molar-refractivity contribution < 1.29 is 9.53 Å². The molecule has 4 heteroatoms. The number of ether oxygens (including phenoxy) is 1. The first-order chi connectivity index (χ1) is 9.95. The van der Waals surface area contributed by atoms with Crippen LogP contribution in [0.3, 0.4) is 0 Å². The second kappa shape index (κ2) is 6.58. The van der Waals surface area contributed by atoms with Gasteiger partial charge in [-0.15, -0.1) is 0 Å². The van der Waals surface area contributed by atoms with E-state index in [-0.39, 0.29) is 24.2 Å². The third-order valence-corrected chi connectivity index (χ3v) is 4.11. The van der Waals surface area contributed by atoms with Crippen LogP contribution >= 0.6 is 0 Å². The molecular formula is C17H26N2O2. The Bertz CT molecular complexity index is 484. The molecular weight excluding hydrogens is 264 g/mol. The van der Waals surface area contributed by atoms with E-state index in [1.54, 1.807) is 7.11 Å². The standard InChI is InChI=1S/C17H26N2O2/c1-11(2)14-6-8-15(9-7-14)16-18-13(4)17(20)19(16)12(3)10-21-5/h6-9,11-13,16,18H,10H2,1-5H3. The lowest BCUT2D eigenvalue weighted by Gasteiger charge is -2.30. The molecule has 1 aromatic rings. The average Bonchev–Trinajstić information content (AvgIpc) is 2.75. The average molecular weight is 290 g/mol. The quantitative estimate of drug-likeness (QED) is 0.906. The summed E-state index contributed by atoms with van der Waals surface area (Å²) in [7, 11) is 1.67. The van der Waals surface area contributed by atoms with Gasteiger partial charge in [0, 0.05) is 7.11 Å². The molecule has 1 aromatic carbocycles. The third-order valence-electron chi connectivity index (χ3n) is 4.11. The Hall–Kier alpha value is -1.39. The smallest absolute Gasteiger partial charge is 0.241 e. The summed E-state index contributed by atoms with van der Waals surface area (Å²) in [6.45, 7) is 8.84. The van der Waals surface area contributed by atoms with Crippen LogP contribution in [0.2, 0.25) is 0 Å². The van der Waals surface area contributed by atoms with E-state index in [1.165, 1.54) is 5.56 Å². The molecule has 21 heavy (non-hydrogen) atoms. The van der Waals surface area contributed by atoms with E-state index in [0.29, 0.717) is 12.5 Å². The number of hydrogen-bond acceptors (Lipinski definition) is 3. The zero-order valence-electron chi connectivity index (χ0n) is 13.6. The van der Waals surface area contributed by atoms with Gasteiger partial charge in [-0.1, -0.05) is 38.1 Å². The third kappa shape index (κ3) is 3.27. The fraction of sp³-hybridized carbons (Fsp3) is 0.588. The van der Waals surface area contributed by atoms with Crippen LogP contribution in [0.25, 0.3) is 0 Å². The number of carbonyl (C=O) groups excluding carboxylic acids is 1. The number of carbonyl (C=O) groups is 1. The summed E-state index contributed by atoms with van der Waals surface area (Å²) < 4.78 is 5.21. The van der Waals surface area contributed by atoms with Gasteiger partial charge in [-0.2, -0.15) is 0 Å². The molecule has 1 fully saturated rings. The van der Waals surface area contributed by atoms with Crippen LogP contribution in [0.4, 0.5) is 0 Å². The normalized spacial score (nSPS) is 23.9. The van der Waals surface area contributed by atoms with Gasteiger partial charge in [-0.3, -0.25) is 10.1 Å². The summed E-state index contributed by atoms with van der Waals surface area (Å²) >= 11 is 0. The minimum absolute atomic E-state index is 0.0507. The second-order valence-corrected chi connectivity index (χ2v) is 6.16. The van der Waals surface area contributed by atoms with Crippen LogP contribution in [-0.4, -0.2) is 36.6 Å². The van der Waals surface area contributed by atoms with Gasteiger partial charge in [-0.05, 0) is 30.9 Å². The largest absolute Gasteiger partial charge is 0.383 e. The second-order valence-electron chi connectivity index (χ2n) is 6.16. The minimum atomic E-state index is -0.154. The van der Waals surface area contributed by atoms with Crippen molar-refractivity contribution in [1.82, 2.24) is 10.2 Å². The number of benzene rings is 1. The number of amides is 1. The van der Waals surface area contributed by atoms with E-state index in [4.69, 9.17) is 4.74 Å². The van der Waals surface area contributed by atoms with Crippen molar-refractivity contribution in [3.8, 4) is 0 Å². The van der Waals surface area contributed by atoms with E-state index in [1.807, 2.05) is 18.7 Å².